The van der Waals surface area contributed by atoms with Crippen molar-refractivity contribution in [2.45, 2.75) is 70.9 Å². The lowest BCUT2D eigenvalue weighted by Gasteiger charge is -2.42. The molecule has 0 aromatic heterocycles. The Balaban J connectivity index is 2.06. The molecule has 16 heavy (non-hydrogen) atoms. The molecule has 0 amide bonds. The monoisotopic (exact) mass is 223 g/mol. The molecule has 0 radical (unpaired) electrons. The van der Waals surface area contributed by atoms with Gasteiger partial charge in [-0.1, -0.05) is 13.3 Å². The quantitative estimate of drug-likeness (QED) is 0.733. The fourth-order valence-electron chi connectivity index (χ4n) is 3.44. The minimum atomic E-state index is 0.370. The van der Waals surface area contributed by atoms with Crippen LogP contribution in [0.25, 0.3) is 0 Å². The minimum Gasteiger partial charge on any atom is -0.299 e. The van der Waals surface area contributed by atoms with E-state index in [0.717, 1.165) is 19.3 Å². The second-order valence-corrected chi connectivity index (χ2v) is 5.52. The highest BCUT2D eigenvalue weighted by molar-refractivity contribution is 5.83. The highest BCUT2D eigenvalue weighted by atomic mass is 16.1. The van der Waals surface area contributed by atoms with Gasteiger partial charge < -0.3 is 0 Å². The molecule has 0 aromatic carbocycles. The molecule has 1 saturated carbocycles. The molecule has 1 saturated heterocycles. The molecular weight excluding hydrogens is 198 g/mol. The topological polar surface area (TPSA) is 20.3 Å². The Morgan fingerprint density at radius 1 is 1.31 bits per heavy atom. The summed E-state index contributed by atoms with van der Waals surface area (Å²) in [5, 5.41) is 0. The van der Waals surface area contributed by atoms with E-state index >= 15 is 0 Å². The lowest BCUT2D eigenvalue weighted by molar-refractivity contribution is -0.123. The first-order valence-electron chi connectivity index (χ1n) is 7.02. The number of nitrogens with zero attached hydrogens (tertiary/aromatic N) is 1. The van der Waals surface area contributed by atoms with Gasteiger partial charge in [-0.3, -0.25) is 9.69 Å². The zero-order chi connectivity index (χ0) is 11.5. The summed E-state index contributed by atoms with van der Waals surface area (Å²) >= 11 is 0. The van der Waals surface area contributed by atoms with Gasteiger partial charge in [0.1, 0.15) is 5.78 Å². The van der Waals surface area contributed by atoms with Crippen molar-refractivity contribution in [3.63, 3.8) is 0 Å². The molecule has 2 aliphatic rings. The maximum absolute atomic E-state index is 11.9. The second kappa shape index (κ2) is 5.31. The van der Waals surface area contributed by atoms with Crippen LogP contribution in [0.2, 0.25) is 0 Å². The average molecular weight is 223 g/mol. The predicted octanol–water partition coefficient (Wildman–Crippen LogP) is 3.01. The maximum atomic E-state index is 11.9. The molecule has 1 aliphatic heterocycles. The van der Waals surface area contributed by atoms with E-state index in [1.807, 2.05) is 0 Å². The van der Waals surface area contributed by atoms with Crippen molar-refractivity contribution >= 4 is 5.78 Å². The average Bonchev–Trinajstić information content (AvgIpc) is 2.74. The molecule has 2 nitrogen and oxygen atoms in total. The number of ketones is 1. The Hall–Kier alpha value is -0.370. The van der Waals surface area contributed by atoms with Crippen LogP contribution in [-0.4, -0.2) is 29.3 Å². The number of hydrogen-bond donors (Lipinski definition) is 0. The Bertz CT molecular complexity index is 251. The van der Waals surface area contributed by atoms with E-state index in [2.05, 4.69) is 18.7 Å². The van der Waals surface area contributed by atoms with Gasteiger partial charge in [0.05, 0.1) is 0 Å². The summed E-state index contributed by atoms with van der Waals surface area (Å²) in [7, 11) is 0. The zero-order valence-electron chi connectivity index (χ0n) is 10.7. The molecule has 0 spiro atoms. The van der Waals surface area contributed by atoms with E-state index < -0.39 is 0 Å². The summed E-state index contributed by atoms with van der Waals surface area (Å²) in [5.41, 5.74) is 0. The summed E-state index contributed by atoms with van der Waals surface area (Å²) < 4.78 is 0. The lowest BCUT2D eigenvalue weighted by atomic mass is 9.87. The predicted molar refractivity (Wildman–Crippen MR) is 66.4 cm³/mol. The van der Waals surface area contributed by atoms with Crippen molar-refractivity contribution in [1.29, 1.82) is 0 Å². The highest BCUT2D eigenvalue weighted by Gasteiger charge is 2.37. The van der Waals surface area contributed by atoms with Crippen LogP contribution in [0.1, 0.15) is 58.8 Å². The van der Waals surface area contributed by atoms with Crippen LogP contribution in [-0.2, 0) is 4.79 Å². The van der Waals surface area contributed by atoms with Gasteiger partial charge >= 0.3 is 0 Å². The van der Waals surface area contributed by atoms with Gasteiger partial charge in [-0.15, -0.1) is 0 Å². The van der Waals surface area contributed by atoms with Crippen LogP contribution < -0.4 is 0 Å². The molecule has 2 heteroatoms. The molecule has 1 aliphatic carbocycles. The van der Waals surface area contributed by atoms with E-state index in [-0.39, 0.29) is 0 Å². The van der Waals surface area contributed by atoms with E-state index in [1.54, 1.807) is 0 Å². The van der Waals surface area contributed by atoms with Crippen LogP contribution in [0.4, 0.5) is 0 Å². The molecule has 0 bridgehead atoms. The van der Waals surface area contributed by atoms with Crippen LogP contribution in [0.3, 0.4) is 0 Å². The van der Waals surface area contributed by atoms with Crippen LogP contribution >= 0.6 is 0 Å². The number of carbonyl (C=O) groups is 1. The van der Waals surface area contributed by atoms with Crippen molar-refractivity contribution < 1.29 is 4.79 Å². The van der Waals surface area contributed by atoms with Crippen molar-refractivity contribution in [3.05, 3.63) is 0 Å². The third-order valence-electron chi connectivity index (χ3n) is 4.57. The highest BCUT2D eigenvalue weighted by Crippen LogP contribution is 2.33. The van der Waals surface area contributed by atoms with Crippen molar-refractivity contribution in [1.82, 2.24) is 4.90 Å². The van der Waals surface area contributed by atoms with Gasteiger partial charge in [-0.25, -0.2) is 0 Å². The first kappa shape index (κ1) is 12.1. The molecule has 3 unspecified atom stereocenters. The largest absolute Gasteiger partial charge is 0.299 e. The zero-order valence-corrected chi connectivity index (χ0v) is 10.7. The summed E-state index contributed by atoms with van der Waals surface area (Å²) in [5.74, 6) is 0.912. The van der Waals surface area contributed by atoms with Crippen LogP contribution in [0.15, 0.2) is 0 Å². The number of carbonyl (C=O) groups excluding carboxylic acids is 1. The normalized spacial score (nSPS) is 34.2. The van der Waals surface area contributed by atoms with Gasteiger partial charge in [0.25, 0.3) is 0 Å². The number of rotatable bonds is 3. The number of hydrogen-bond acceptors (Lipinski definition) is 2. The Kier molecular flexibility index (Phi) is 4.01. The molecular formula is C14H25NO. The Labute approximate surface area is 99.4 Å². The summed E-state index contributed by atoms with van der Waals surface area (Å²) in [6.45, 7) is 5.79. The molecule has 1 heterocycles. The van der Waals surface area contributed by atoms with Gasteiger partial charge in [0, 0.05) is 24.4 Å². The van der Waals surface area contributed by atoms with E-state index in [1.165, 1.54) is 32.2 Å². The number of piperidine rings is 1. The van der Waals surface area contributed by atoms with Crippen molar-refractivity contribution in [3.8, 4) is 0 Å². The molecule has 3 atom stereocenters. The fourth-order valence-corrected chi connectivity index (χ4v) is 3.44. The fraction of sp³-hybridized carbons (Fsp3) is 0.929. The Morgan fingerprint density at radius 2 is 2.12 bits per heavy atom. The smallest absolute Gasteiger partial charge is 0.137 e. The van der Waals surface area contributed by atoms with Gasteiger partial charge in [0.15, 0.2) is 0 Å². The second-order valence-electron chi connectivity index (χ2n) is 5.52. The summed E-state index contributed by atoms with van der Waals surface area (Å²) in [6, 6.07) is 1.22. The van der Waals surface area contributed by atoms with E-state index in [9.17, 15) is 4.79 Å². The molecule has 2 rings (SSSR count). The van der Waals surface area contributed by atoms with Crippen LogP contribution in [0.5, 0.6) is 0 Å². The molecule has 0 aromatic rings. The molecule has 0 N–H and O–H groups in total. The minimum absolute atomic E-state index is 0.370. The SMILES string of the molecule is CCC(C)N1CCCCC1C1CCCC1=O. The van der Waals surface area contributed by atoms with E-state index in [4.69, 9.17) is 0 Å². The number of likely N-dealkylation sites (tertiary alicyclic amines) is 1. The van der Waals surface area contributed by atoms with E-state index in [0.29, 0.717) is 23.8 Å². The molecule has 92 valence electrons. The summed E-state index contributed by atoms with van der Waals surface area (Å²) in [6.07, 6.45) is 8.22. The van der Waals surface area contributed by atoms with Gasteiger partial charge in [-0.2, -0.15) is 0 Å². The first-order valence-corrected chi connectivity index (χ1v) is 7.02. The van der Waals surface area contributed by atoms with Gasteiger partial charge in [0.2, 0.25) is 0 Å². The molecule has 2 fully saturated rings. The number of Topliss-reactive ketones (excluding diaryl/α,β-unsaturated/α-hetero) is 1. The van der Waals surface area contributed by atoms with Gasteiger partial charge in [-0.05, 0) is 45.6 Å². The standard InChI is InChI=1S/C14H25NO/c1-3-11(2)15-10-5-4-8-13(15)12-7-6-9-14(12)16/h11-13H,3-10H2,1-2H3. The maximum Gasteiger partial charge on any atom is 0.137 e. The van der Waals surface area contributed by atoms with Crippen LogP contribution in [0, 0.1) is 5.92 Å². The van der Waals surface area contributed by atoms with Crippen molar-refractivity contribution in [2.24, 2.45) is 5.92 Å². The third kappa shape index (κ3) is 2.32. The first-order chi connectivity index (χ1) is 7.74. The lowest BCUT2D eigenvalue weighted by Crippen LogP contribution is -2.49. The summed E-state index contributed by atoms with van der Waals surface area (Å²) in [4.78, 5) is 14.5. The van der Waals surface area contributed by atoms with Crippen molar-refractivity contribution in [2.75, 3.05) is 6.54 Å². The Morgan fingerprint density at radius 3 is 2.75 bits per heavy atom. The third-order valence-corrected chi connectivity index (χ3v) is 4.57.